The highest BCUT2D eigenvalue weighted by Crippen LogP contribution is 2.64. The molecule has 2 bridgehead atoms. The van der Waals surface area contributed by atoms with Crippen LogP contribution in [-0.4, -0.2) is 29.1 Å². The van der Waals surface area contributed by atoms with E-state index in [4.69, 9.17) is 17.3 Å². The minimum absolute atomic E-state index is 0.0631. The minimum atomic E-state index is -0.631. The van der Waals surface area contributed by atoms with Crippen molar-refractivity contribution in [2.45, 2.75) is 38.0 Å². The van der Waals surface area contributed by atoms with E-state index in [0.29, 0.717) is 34.2 Å². The van der Waals surface area contributed by atoms with Crippen LogP contribution in [0.15, 0.2) is 36.5 Å². The molecule has 3 aliphatic rings. The summed E-state index contributed by atoms with van der Waals surface area (Å²) < 4.78 is 14.6. The Morgan fingerprint density at radius 2 is 2.14 bits per heavy atom. The maximum Gasteiger partial charge on any atom is 0.238 e. The third-order valence-electron chi connectivity index (χ3n) is 6.99. The van der Waals surface area contributed by atoms with Crippen LogP contribution in [0.1, 0.15) is 18.9 Å². The summed E-state index contributed by atoms with van der Waals surface area (Å²) in [5, 5.41) is 6.73. The lowest BCUT2D eigenvalue weighted by atomic mass is 9.95. The second-order valence-electron chi connectivity index (χ2n) is 8.66. The lowest BCUT2D eigenvalue weighted by Gasteiger charge is -2.24. The number of nitrogens with two attached hydrogens (primary N) is 1. The number of pyridine rings is 1. The van der Waals surface area contributed by atoms with E-state index < -0.39 is 6.17 Å². The van der Waals surface area contributed by atoms with Crippen molar-refractivity contribution in [1.82, 2.24) is 15.6 Å². The number of halogens is 2. The average Bonchev–Trinajstić information content (AvgIpc) is 3.05. The number of carbonyl (C=O) groups is 1. The van der Waals surface area contributed by atoms with E-state index in [0.717, 1.165) is 23.8 Å². The molecule has 2 aromatic rings. The SMILES string of the molecule is C[C@H]1[C@H]2[C@H]3C[C@H](N[C@@H]3C(=O)N[C@H](N)Cc3ccc(-c4ccc(Cl)nc4)cc3F)[C@@H]12. The van der Waals surface area contributed by atoms with E-state index in [2.05, 4.69) is 22.5 Å². The first-order chi connectivity index (χ1) is 13.9. The van der Waals surface area contributed by atoms with Gasteiger partial charge in [0, 0.05) is 24.2 Å². The molecule has 1 aromatic carbocycles. The zero-order valence-corrected chi connectivity index (χ0v) is 16.9. The van der Waals surface area contributed by atoms with Gasteiger partial charge in [-0.1, -0.05) is 30.7 Å². The summed E-state index contributed by atoms with van der Waals surface area (Å²) in [6.45, 7) is 2.27. The highest BCUT2D eigenvalue weighted by atomic mass is 35.5. The van der Waals surface area contributed by atoms with Crippen molar-refractivity contribution >= 4 is 17.5 Å². The summed E-state index contributed by atoms with van der Waals surface area (Å²) in [7, 11) is 0. The van der Waals surface area contributed by atoms with Crippen LogP contribution in [-0.2, 0) is 11.2 Å². The van der Waals surface area contributed by atoms with Gasteiger partial charge in [0.1, 0.15) is 11.0 Å². The Labute approximate surface area is 174 Å². The topological polar surface area (TPSA) is 80.0 Å². The molecule has 5 nitrogen and oxygen atoms in total. The van der Waals surface area contributed by atoms with Gasteiger partial charge in [-0.05, 0) is 59.4 Å². The normalized spacial score (nSPS) is 32.7. The highest BCUT2D eigenvalue weighted by Gasteiger charge is 2.67. The van der Waals surface area contributed by atoms with Crippen LogP contribution in [0.5, 0.6) is 0 Å². The summed E-state index contributed by atoms with van der Waals surface area (Å²) in [4.78, 5) is 16.7. The molecule has 0 spiro atoms. The Morgan fingerprint density at radius 3 is 2.83 bits per heavy atom. The Morgan fingerprint density at radius 1 is 1.34 bits per heavy atom. The molecule has 1 aliphatic heterocycles. The predicted molar refractivity (Wildman–Crippen MR) is 109 cm³/mol. The molecule has 5 rings (SSSR count). The number of nitrogens with one attached hydrogen (secondary N) is 2. The molecule has 1 saturated heterocycles. The van der Waals surface area contributed by atoms with E-state index in [9.17, 15) is 9.18 Å². The van der Waals surface area contributed by atoms with Gasteiger partial charge >= 0.3 is 0 Å². The third-order valence-corrected chi connectivity index (χ3v) is 7.21. The van der Waals surface area contributed by atoms with E-state index in [1.165, 1.54) is 6.07 Å². The maximum atomic E-state index is 14.6. The molecule has 2 aliphatic carbocycles. The summed E-state index contributed by atoms with van der Waals surface area (Å²) in [5.41, 5.74) is 8.10. The fraction of sp³-hybridized carbons (Fsp3) is 0.455. The lowest BCUT2D eigenvalue weighted by molar-refractivity contribution is -0.124. The minimum Gasteiger partial charge on any atom is -0.339 e. The number of fused-ring (bicyclic) bond motifs is 5. The second kappa shape index (κ2) is 7.04. The van der Waals surface area contributed by atoms with Crippen LogP contribution in [0.25, 0.3) is 11.1 Å². The first kappa shape index (κ1) is 19.0. The first-order valence-electron chi connectivity index (χ1n) is 10.1. The monoisotopic (exact) mass is 414 g/mol. The van der Waals surface area contributed by atoms with Crippen molar-refractivity contribution in [2.24, 2.45) is 29.4 Å². The van der Waals surface area contributed by atoms with Crippen molar-refractivity contribution in [3.8, 4) is 11.1 Å². The summed E-state index contributed by atoms with van der Waals surface area (Å²) in [5.74, 6) is 2.15. The van der Waals surface area contributed by atoms with Crippen molar-refractivity contribution in [3.63, 3.8) is 0 Å². The van der Waals surface area contributed by atoms with Gasteiger partial charge in [0.25, 0.3) is 0 Å². The molecule has 3 fully saturated rings. The quantitative estimate of drug-likeness (QED) is 0.519. The zero-order valence-electron chi connectivity index (χ0n) is 16.1. The van der Waals surface area contributed by atoms with Crippen molar-refractivity contribution in [1.29, 1.82) is 0 Å². The van der Waals surface area contributed by atoms with E-state index >= 15 is 0 Å². The Balaban J connectivity index is 1.21. The Hall–Kier alpha value is -2.02. The molecule has 0 radical (unpaired) electrons. The number of nitrogens with zero attached hydrogens (tertiary/aromatic N) is 1. The van der Waals surface area contributed by atoms with Crippen LogP contribution in [0, 0.1) is 29.5 Å². The molecule has 7 heteroatoms. The zero-order chi connectivity index (χ0) is 20.3. The van der Waals surface area contributed by atoms with E-state index in [1.54, 1.807) is 24.4 Å². The number of piperidine rings is 1. The van der Waals surface area contributed by atoms with Crippen LogP contribution in [0.2, 0.25) is 5.15 Å². The maximum absolute atomic E-state index is 14.6. The number of aromatic nitrogens is 1. The fourth-order valence-corrected chi connectivity index (χ4v) is 5.72. The third kappa shape index (κ3) is 3.33. The van der Waals surface area contributed by atoms with Gasteiger partial charge in [0.2, 0.25) is 5.91 Å². The first-order valence-corrected chi connectivity index (χ1v) is 10.5. The molecule has 7 atom stereocenters. The van der Waals surface area contributed by atoms with Gasteiger partial charge < -0.3 is 16.4 Å². The Kier molecular flexibility index (Phi) is 4.61. The summed E-state index contributed by atoms with van der Waals surface area (Å²) in [6, 6.07) is 8.76. The van der Waals surface area contributed by atoms with Crippen LogP contribution >= 0.6 is 11.6 Å². The Bertz CT molecular complexity index is 950. The molecule has 1 amide bonds. The number of carbonyl (C=O) groups excluding carboxylic acids is 1. The summed E-state index contributed by atoms with van der Waals surface area (Å²) in [6.07, 6.45) is 2.30. The second-order valence-corrected chi connectivity index (χ2v) is 9.05. The largest absolute Gasteiger partial charge is 0.339 e. The van der Waals surface area contributed by atoms with Crippen molar-refractivity contribution in [3.05, 3.63) is 53.1 Å². The molecule has 152 valence electrons. The van der Waals surface area contributed by atoms with Gasteiger partial charge in [-0.2, -0.15) is 0 Å². The number of hydrogen-bond acceptors (Lipinski definition) is 4. The van der Waals surface area contributed by atoms with Gasteiger partial charge in [0.15, 0.2) is 0 Å². The van der Waals surface area contributed by atoms with Crippen LogP contribution < -0.4 is 16.4 Å². The fourth-order valence-electron chi connectivity index (χ4n) is 5.60. The standard InChI is InChI=1S/C22H24ClFN4O/c1-10-19-14-8-16(20(10)19)27-21(14)22(29)28-18(25)7-12-3-2-11(6-15(12)24)13-4-5-17(23)26-9-13/h2-6,9-10,14,16,18-21,27H,7-8,25H2,1H3,(H,28,29)/t10-,14+,16-,18-,19-,20+,21-/m0/s1. The van der Waals surface area contributed by atoms with Crippen LogP contribution in [0.4, 0.5) is 4.39 Å². The van der Waals surface area contributed by atoms with Gasteiger partial charge in [-0.15, -0.1) is 0 Å². The molecule has 29 heavy (non-hydrogen) atoms. The van der Waals surface area contributed by atoms with Crippen molar-refractivity contribution < 1.29 is 9.18 Å². The molecule has 4 N–H and O–H groups in total. The van der Waals surface area contributed by atoms with Crippen LogP contribution in [0.3, 0.4) is 0 Å². The highest BCUT2D eigenvalue weighted by molar-refractivity contribution is 6.29. The molecule has 0 unspecified atom stereocenters. The number of rotatable bonds is 5. The predicted octanol–water partition coefficient (Wildman–Crippen LogP) is 2.73. The number of amides is 1. The molecule has 1 aromatic heterocycles. The molecule has 2 saturated carbocycles. The molecule has 2 heterocycles. The van der Waals surface area contributed by atoms with E-state index in [1.807, 2.05) is 6.07 Å². The van der Waals surface area contributed by atoms with Gasteiger partial charge in [0.05, 0.1) is 12.2 Å². The number of benzene rings is 1. The smallest absolute Gasteiger partial charge is 0.238 e. The van der Waals surface area contributed by atoms with Crippen molar-refractivity contribution in [2.75, 3.05) is 0 Å². The summed E-state index contributed by atoms with van der Waals surface area (Å²) >= 11 is 5.80. The average molecular weight is 415 g/mol. The molecular formula is C22H24ClFN4O. The van der Waals surface area contributed by atoms with Gasteiger partial charge in [-0.25, -0.2) is 9.37 Å². The molecular weight excluding hydrogens is 391 g/mol. The lowest BCUT2D eigenvalue weighted by Crippen LogP contribution is -2.53. The van der Waals surface area contributed by atoms with E-state index in [-0.39, 0.29) is 24.2 Å². The number of hydrogen-bond donors (Lipinski definition) is 3. The van der Waals surface area contributed by atoms with Gasteiger partial charge in [-0.3, -0.25) is 4.79 Å².